The molecule has 2 aromatic rings. The zero-order chi connectivity index (χ0) is 20.7. The summed E-state index contributed by atoms with van der Waals surface area (Å²) in [6, 6.07) is 10.8. The fraction of sp³-hybridized carbons (Fsp3) is 0.381. The summed E-state index contributed by atoms with van der Waals surface area (Å²) in [4.78, 5) is 13.6. The van der Waals surface area contributed by atoms with E-state index in [1.807, 2.05) is 44.3 Å². The molecule has 1 amide bonds. The SMILES string of the molecule is COc1ccc(OC)c([C@H](C)NC(=O)C[NH+](C)Cc2cc(Cl)ccc2OC)c1. The van der Waals surface area contributed by atoms with Crippen LogP contribution in [0.4, 0.5) is 0 Å². The van der Waals surface area contributed by atoms with Crippen LogP contribution in [-0.4, -0.2) is 40.8 Å². The van der Waals surface area contributed by atoms with Crippen molar-refractivity contribution in [2.45, 2.75) is 19.5 Å². The Balaban J connectivity index is 2.01. The minimum absolute atomic E-state index is 0.0594. The highest BCUT2D eigenvalue weighted by molar-refractivity contribution is 6.30. The van der Waals surface area contributed by atoms with Gasteiger partial charge in [0.25, 0.3) is 5.91 Å². The van der Waals surface area contributed by atoms with E-state index >= 15 is 0 Å². The van der Waals surface area contributed by atoms with Gasteiger partial charge in [0.2, 0.25) is 0 Å². The van der Waals surface area contributed by atoms with Crippen LogP contribution in [0.25, 0.3) is 0 Å². The van der Waals surface area contributed by atoms with Gasteiger partial charge in [-0.3, -0.25) is 4.79 Å². The Morgan fingerprint density at radius 3 is 2.39 bits per heavy atom. The number of benzene rings is 2. The van der Waals surface area contributed by atoms with Crippen LogP contribution in [0.2, 0.25) is 5.02 Å². The van der Waals surface area contributed by atoms with E-state index in [9.17, 15) is 4.79 Å². The van der Waals surface area contributed by atoms with Crippen LogP contribution in [0, 0.1) is 0 Å². The molecule has 0 aliphatic carbocycles. The van der Waals surface area contributed by atoms with Gasteiger partial charge in [0, 0.05) is 16.1 Å². The molecule has 6 nitrogen and oxygen atoms in total. The zero-order valence-corrected chi connectivity index (χ0v) is 17.7. The Bertz CT molecular complexity index is 813. The smallest absolute Gasteiger partial charge is 0.275 e. The van der Waals surface area contributed by atoms with Crippen LogP contribution in [0.3, 0.4) is 0 Å². The van der Waals surface area contributed by atoms with Crippen LogP contribution < -0.4 is 24.4 Å². The number of likely N-dealkylation sites (N-methyl/N-ethyl adjacent to an activating group) is 1. The molecule has 0 spiro atoms. The first-order valence-corrected chi connectivity index (χ1v) is 9.40. The Morgan fingerprint density at radius 2 is 1.75 bits per heavy atom. The maximum atomic E-state index is 12.5. The van der Waals surface area contributed by atoms with Gasteiger partial charge in [0.1, 0.15) is 23.8 Å². The number of methoxy groups -OCH3 is 3. The van der Waals surface area contributed by atoms with E-state index in [0.717, 1.165) is 21.8 Å². The number of carbonyl (C=O) groups excluding carboxylic acids is 1. The molecule has 0 aromatic heterocycles. The molecule has 7 heteroatoms. The molecule has 2 aromatic carbocycles. The Labute approximate surface area is 171 Å². The summed E-state index contributed by atoms with van der Waals surface area (Å²) in [5.74, 6) is 2.13. The molecule has 0 aliphatic heterocycles. The van der Waals surface area contributed by atoms with Gasteiger partial charge in [0.15, 0.2) is 6.54 Å². The van der Waals surface area contributed by atoms with Crippen molar-refractivity contribution >= 4 is 17.5 Å². The number of amides is 1. The van der Waals surface area contributed by atoms with Gasteiger partial charge in [-0.2, -0.15) is 0 Å². The molecule has 1 unspecified atom stereocenters. The van der Waals surface area contributed by atoms with Crippen molar-refractivity contribution in [3.05, 3.63) is 52.5 Å². The minimum atomic E-state index is -0.217. The molecule has 0 saturated heterocycles. The molecule has 2 atom stereocenters. The van der Waals surface area contributed by atoms with Gasteiger partial charge in [-0.1, -0.05) is 11.6 Å². The van der Waals surface area contributed by atoms with Crippen molar-refractivity contribution in [2.75, 3.05) is 34.9 Å². The van der Waals surface area contributed by atoms with Crippen molar-refractivity contribution in [3.8, 4) is 17.2 Å². The van der Waals surface area contributed by atoms with E-state index in [0.29, 0.717) is 29.6 Å². The summed E-state index contributed by atoms with van der Waals surface area (Å²) >= 11 is 6.09. The summed E-state index contributed by atoms with van der Waals surface area (Å²) in [5.41, 5.74) is 1.83. The number of nitrogens with one attached hydrogen (secondary N) is 2. The third kappa shape index (κ3) is 5.78. The average Bonchev–Trinajstić information content (AvgIpc) is 2.67. The van der Waals surface area contributed by atoms with Crippen LogP contribution in [0.5, 0.6) is 17.2 Å². The predicted octanol–water partition coefficient (Wildman–Crippen LogP) is 2.26. The number of ether oxygens (including phenoxy) is 3. The lowest BCUT2D eigenvalue weighted by Crippen LogP contribution is -3.08. The Kier molecular flexibility index (Phi) is 7.96. The summed E-state index contributed by atoms with van der Waals surface area (Å²) in [6.07, 6.45) is 0. The number of hydrogen-bond acceptors (Lipinski definition) is 4. The summed E-state index contributed by atoms with van der Waals surface area (Å²) in [7, 11) is 6.79. The van der Waals surface area contributed by atoms with E-state index in [-0.39, 0.29) is 11.9 Å². The molecule has 152 valence electrons. The van der Waals surface area contributed by atoms with Gasteiger partial charge in [0.05, 0.1) is 34.4 Å². The topological polar surface area (TPSA) is 61.2 Å². The van der Waals surface area contributed by atoms with Crippen LogP contribution >= 0.6 is 11.6 Å². The lowest BCUT2D eigenvalue weighted by Gasteiger charge is -2.20. The number of halogens is 1. The standard InChI is InChI=1S/C21H27ClN2O4/c1-14(18-11-17(26-3)7-9-20(18)28-5)23-21(25)13-24(2)12-15-10-16(22)6-8-19(15)27-4/h6-11,14H,12-13H2,1-5H3,(H,23,25)/p+1/t14-/m0/s1. The van der Waals surface area contributed by atoms with E-state index < -0.39 is 0 Å². The summed E-state index contributed by atoms with van der Waals surface area (Å²) in [6.45, 7) is 2.85. The first-order chi connectivity index (χ1) is 13.4. The quantitative estimate of drug-likeness (QED) is 0.669. The molecule has 0 radical (unpaired) electrons. The molecular weight excluding hydrogens is 380 g/mol. The van der Waals surface area contributed by atoms with Crippen molar-refractivity contribution in [1.29, 1.82) is 0 Å². The monoisotopic (exact) mass is 407 g/mol. The second-order valence-electron chi connectivity index (χ2n) is 6.66. The second-order valence-corrected chi connectivity index (χ2v) is 7.10. The van der Waals surface area contributed by atoms with Gasteiger partial charge in [-0.15, -0.1) is 0 Å². The third-order valence-electron chi connectivity index (χ3n) is 4.48. The molecule has 2 N–H and O–H groups in total. The molecule has 0 fully saturated rings. The van der Waals surface area contributed by atoms with Crippen LogP contribution in [-0.2, 0) is 11.3 Å². The maximum absolute atomic E-state index is 12.5. The largest absolute Gasteiger partial charge is 0.497 e. The van der Waals surface area contributed by atoms with E-state index in [1.54, 1.807) is 27.4 Å². The van der Waals surface area contributed by atoms with Gasteiger partial charge in [-0.05, 0) is 43.3 Å². The van der Waals surface area contributed by atoms with Crippen LogP contribution in [0.15, 0.2) is 36.4 Å². The Morgan fingerprint density at radius 1 is 1.07 bits per heavy atom. The second kappa shape index (κ2) is 10.2. The normalized spacial score (nSPS) is 12.8. The highest BCUT2D eigenvalue weighted by Gasteiger charge is 2.18. The molecule has 0 heterocycles. The number of hydrogen-bond donors (Lipinski definition) is 2. The van der Waals surface area contributed by atoms with Crippen LogP contribution in [0.1, 0.15) is 24.1 Å². The van der Waals surface area contributed by atoms with E-state index in [2.05, 4.69) is 5.32 Å². The summed E-state index contributed by atoms with van der Waals surface area (Å²) in [5, 5.41) is 3.67. The lowest BCUT2D eigenvalue weighted by atomic mass is 10.1. The minimum Gasteiger partial charge on any atom is -0.497 e. The zero-order valence-electron chi connectivity index (χ0n) is 17.0. The average molecular weight is 408 g/mol. The van der Waals surface area contributed by atoms with E-state index in [4.69, 9.17) is 25.8 Å². The third-order valence-corrected chi connectivity index (χ3v) is 4.71. The highest BCUT2D eigenvalue weighted by atomic mass is 35.5. The lowest BCUT2D eigenvalue weighted by molar-refractivity contribution is -0.885. The van der Waals surface area contributed by atoms with Crippen molar-refractivity contribution in [3.63, 3.8) is 0 Å². The molecule has 0 aliphatic rings. The first-order valence-electron chi connectivity index (χ1n) is 9.03. The molecule has 0 saturated carbocycles. The molecule has 0 bridgehead atoms. The van der Waals surface area contributed by atoms with Gasteiger partial charge in [-0.25, -0.2) is 0 Å². The van der Waals surface area contributed by atoms with Gasteiger partial charge >= 0.3 is 0 Å². The Hall–Kier alpha value is -2.44. The molecule has 28 heavy (non-hydrogen) atoms. The maximum Gasteiger partial charge on any atom is 0.275 e. The molecule has 2 rings (SSSR count). The van der Waals surface area contributed by atoms with E-state index in [1.165, 1.54) is 0 Å². The fourth-order valence-corrected chi connectivity index (χ4v) is 3.29. The first kappa shape index (κ1) is 21.9. The predicted molar refractivity (Wildman–Crippen MR) is 110 cm³/mol. The van der Waals surface area contributed by atoms with Crippen molar-refractivity contribution in [1.82, 2.24) is 5.32 Å². The molecular formula is C21H28ClN2O4+. The van der Waals surface area contributed by atoms with Crippen molar-refractivity contribution < 1.29 is 23.9 Å². The van der Waals surface area contributed by atoms with Gasteiger partial charge < -0.3 is 24.4 Å². The highest BCUT2D eigenvalue weighted by Crippen LogP contribution is 2.29. The summed E-state index contributed by atoms with van der Waals surface area (Å²) < 4.78 is 16.1. The number of quaternary nitrogens is 1. The van der Waals surface area contributed by atoms with Crippen molar-refractivity contribution in [2.24, 2.45) is 0 Å². The number of carbonyl (C=O) groups is 1. The number of rotatable bonds is 9. The fourth-order valence-electron chi connectivity index (χ4n) is 3.10.